The van der Waals surface area contributed by atoms with Gasteiger partial charge in [-0.2, -0.15) is 5.26 Å². The van der Waals surface area contributed by atoms with E-state index in [4.69, 9.17) is 12.2 Å². The number of anilines is 2. The molecule has 1 aliphatic carbocycles. The van der Waals surface area contributed by atoms with Gasteiger partial charge in [0.15, 0.2) is 0 Å². The van der Waals surface area contributed by atoms with Crippen molar-refractivity contribution in [2.24, 2.45) is 0 Å². The van der Waals surface area contributed by atoms with Gasteiger partial charge in [0, 0.05) is 50.0 Å². The molecule has 0 atom stereocenters. The van der Waals surface area contributed by atoms with Gasteiger partial charge in [-0.1, -0.05) is 68.4 Å². The van der Waals surface area contributed by atoms with Crippen molar-refractivity contribution in [3.63, 3.8) is 0 Å². The molecule has 0 N–H and O–H groups in total. The number of para-hydroxylation sites is 1. The molecule has 1 saturated carbocycles. The van der Waals surface area contributed by atoms with Gasteiger partial charge in [-0.3, -0.25) is 19.1 Å². The number of benzene rings is 1. The molecule has 1 aromatic heterocycles. The van der Waals surface area contributed by atoms with E-state index >= 15 is 0 Å². The molecular weight excluding hydrogens is 526 g/mol. The standard InChI is InChI=1S/C30H35N5O2S2/c1-3-4-14-34-27(33-17-15-32(16-18-33)22-10-6-5-7-11-22)24(21(2)25(20-31)28(34)36)19-26-29(37)35(30(38)39-26)23-12-8-9-13-23/h5-7,10-11,19,23H,3-4,8-9,12-18H2,1-2H3/b26-19+. The summed E-state index contributed by atoms with van der Waals surface area (Å²) in [6.45, 7) is 7.55. The monoisotopic (exact) mass is 561 g/mol. The lowest BCUT2D eigenvalue weighted by atomic mass is 10.0. The second kappa shape index (κ2) is 12.0. The smallest absolute Gasteiger partial charge is 0.270 e. The van der Waals surface area contributed by atoms with E-state index < -0.39 is 0 Å². The molecule has 3 heterocycles. The SMILES string of the molecule is CCCCn1c(N2CCN(c3ccccc3)CC2)c(/C=C2/SC(=S)N(C3CCCC3)C2=O)c(C)c(C#N)c1=O. The van der Waals surface area contributed by atoms with Gasteiger partial charge in [-0.25, -0.2) is 0 Å². The van der Waals surface area contributed by atoms with Gasteiger partial charge < -0.3 is 9.80 Å². The summed E-state index contributed by atoms with van der Waals surface area (Å²) in [6, 6.07) is 12.7. The molecule has 3 fully saturated rings. The maximum Gasteiger partial charge on any atom is 0.270 e. The third-order valence-electron chi connectivity index (χ3n) is 8.07. The second-order valence-electron chi connectivity index (χ2n) is 10.5. The highest BCUT2D eigenvalue weighted by Crippen LogP contribution is 2.39. The highest BCUT2D eigenvalue weighted by Gasteiger charge is 2.38. The minimum Gasteiger partial charge on any atom is -0.368 e. The Bertz CT molecular complexity index is 1380. The molecule has 0 bridgehead atoms. The van der Waals surface area contributed by atoms with Crippen molar-refractivity contribution >= 4 is 51.8 Å². The molecule has 3 aliphatic rings. The summed E-state index contributed by atoms with van der Waals surface area (Å²) in [4.78, 5) is 34.2. The molecule has 7 nitrogen and oxygen atoms in total. The van der Waals surface area contributed by atoms with Crippen molar-refractivity contribution in [2.75, 3.05) is 36.0 Å². The Labute approximate surface area is 240 Å². The van der Waals surface area contributed by atoms with Crippen LogP contribution >= 0.6 is 24.0 Å². The lowest BCUT2D eigenvalue weighted by molar-refractivity contribution is -0.123. The number of nitrogens with zero attached hydrogens (tertiary/aromatic N) is 5. The van der Waals surface area contributed by atoms with E-state index in [-0.39, 0.29) is 23.1 Å². The van der Waals surface area contributed by atoms with Crippen molar-refractivity contribution in [3.05, 3.63) is 62.3 Å². The number of thioether (sulfide) groups is 1. The van der Waals surface area contributed by atoms with E-state index in [9.17, 15) is 14.9 Å². The summed E-state index contributed by atoms with van der Waals surface area (Å²) in [5.74, 6) is 0.754. The molecular formula is C30H35N5O2S2. The zero-order valence-electron chi connectivity index (χ0n) is 22.7. The van der Waals surface area contributed by atoms with Gasteiger partial charge >= 0.3 is 0 Å². The van der Waals surface area contributed by atoms with Crippen LogP contribution in [0.2, 0.25) is 0 Å². The molecule has 5 rings (SSSR count). The van der Waals surface area contributed by atoms with E-state index in [2.05, 4.69) is 34.9 Å². The normalized spacial score (nSPS) is 19.4. The molecule has 2 aromatic rings. The summed E-state index contributed by atoms with van der Waals surface area (Å²) in [7, 11) is 0. The quantitative estimate of drug-likeness (QED) is 0.336. The van der Waals surface area contributed by atoms with E-state index in [1.165, 1.54) is 17.4 Å². The summed E-state index contributed by atoms with van der Waals surface area (Å²) < 4.78 is 2.38. The van der Waals surface area contributed by atoms with Crippen LogP contribution in [0.5, 0.6) is 0 Å². The number of nitriles is 1. The average Bonchev–Trinajstić information content (AvgIpc) is 3.57. The van der Waals surface area contributed by atoms with E-state index in [1.54, 1.807) is 9.47 Å². The first kappa shape index (κ1) is 27.5. The topological polar surface area (TPSA) is 72.6 Å². The number of pyridine rings is 1. The third-order valence-corrected chi connectivity index (χ3v) is 9.40. The molecule has 0 radical (unpaired) electrons. The minimum absolute atomic E-state index is 0.0547. The summed E-state index contributed by atoms with van der Waals surface area (Å²) >= 11 is 6.99. The number of piperazine rings is 1. The fraction of sp³-hybridized carbons (Fsp3) is 0.467. The average molecular weight is 562 g/mol. The Morgan fingerprint density at radius 2 is 1.74 bits per heavy atom. The maximum absolute atomic E-state index is 13.6. The number of rotatable bonds is 7. The molecule has 1 amide bonds. The van der Waals surface area contributed by atoms with Crippen molar-refractivity contribution in [1.82, 2.24) is 9.47 Å². The number of carbonyl (C=O) groups excluding carboxylic acids is 1. The number of carbonyl (C=O) groups is 1. The third kappa shape index (κ3) is 5.37. The number of amides is 1. The van der Waals surface area contributed by atoms with E-state index in [0.29, 0.717) is 21.3 Å². The van der Waals surface area contributed by atoms with Crippen molar-refractivity contribution in [3.8, 4) is 6.07 Å². The summed E-state index contributed by atoms with van der Waals surface area (Å²) in [5.41, 5.74) is 2.49. The fourth-order valence-electron chi connectivity index (χ4n) is 5.91. The maximum atomic E-state index is 13.6. The van der Waals surface area contributed by atoms with Crippen molar-refractivity contribution in [1.29, 1.82) is 5.26 Å². The molecule has 2 saturated heterocycles. The minimum atomic E-state index is -0.250. The van der Waals surface area contributed by atoms with Crippen LogP contribution in [-0.4, -0.2) is 51.9 Å². The highest BCUT2D eigenvalue weighted by molar-refractivity contribution is 8.26. The van der Waals surface area contributed by atoms with Crippen LogP contribution in [-0.2, 0) is 11.3 Å². The van der Waals surface area contributed by atoms with Crippen molar-refractivity contribution < 1.29 is 4.79 Å². The molecule has 39 heavy (non-hydrogen) atoms. The van der Waals surface area contributed by atoms with Crippen LogP contribution in [0, 0.1) is 18.3 Å². The van der Waals surface area contributed by atoms with E-state index in [0.717, 1.165) is 76.1 Å². The second-order valence-corrected chi connectivity index (χ2v) is 12.1. The predicted molar refractivity (Wildman–Crippen MR) is 163 cm³/mol. The number of hydrogen-bond acceptors (Lipinski definition) is 7. The lowest BCUT2D eigenvalue weighted by Crippen LogP contribution is -2.48. The van der Waals surface area contributed by atoms with Gasteiger partial charge in [0.2, 0.25) is 0 Å². The molecule has 0 spiro atoms. The lowest BCUT2D eigenvalue weighted by Gasteiger charge is -2.39. The van der Waals surface area contributed by atoms with Gasteiger partial charge in [0.25, 0.3) is 11.5 Å². The zero-order valence-corrected chi connectivity index (χ0v) is 24.3. The van der Waals surface area contributed by atoms with Crippen molar-refractivity contribution in [2.45, 2.75) is 65.0 Å². The Hall–Kier alpha value is -3.09. The Morgan fingerprint density at radius 3 is 2.38 bits per heavy atom. The predicted octanol–water partition coefficient (Wildman–Crippen LogP) is 5.30. The fourth-order valence-corrected chi connectivity index (χ4v) is 7.29. The number of unbranched alkanes of at least 4 members (excludes halogenated alkanes) is 1. The van der Waals surface area contributed by atoms with Gasteiger partial charge in [-0.15, -0.1) is 0 Å². The molecule has 9 heteroatoms. The van der Waals surface area contributed by atoms with E-state index in [1.807, 2.05) is 31.2 Å². The van der Waals surface area contributed by atoms with Gasteiger partial charge in [0.1, 0.15) is 21.8 Å². The molecule has 204 valence electrons. The molecule has 0 unspecified atom stereocenters. The zero-order chi connectivity index (χ0) is 27.5. The van der Waals surface area contributed by atoms with Crippen LogP contribution in [0.1, 0.15) is 62.1 Å². The first-order valence-electron chi connectivity index (χ1n) is 13.9. The van der Waals surface area contributed by atoms with Gasteiger partial charge in [0.05, 0.1) is 4.91 Å². The van der Waals surface area contributed by atoms with Crippen LogP contribution < -0.4 is 15.4 Å². The Morgan fingerprint density at radius 1 is 1.08 bits per heavy atom. The number of hydrogen-bond donors (Lipinski definition) is 0. The van der Waals surface area contributed by atoms with Crippen LogP contribution in [0.4, 0.5) is 11.5 Å². The first-order valence-corrected chi connectivity index (χ1v) is 15.2. The number of aromatic nitrogens is 1. The Kier molecular flexibility index (Phi) is 8.43. The largest absolute Gasteiger partial charge is 0.368 e. The summed E-state index contributed by atoms with van der Waals surface area (Å²) in [5, 5.41) is 9.97. The molecule has 2 aliphatic heterocycles. The summed E-state index contributed by atoms with van der Waals surface area (Å²) in [6.07, 6.45) is 7.85. The Balaban J connectivity index is 1.57. The van der Waals surface area contributed by atoms with Crippen LogP contribution in [0.3, 0.4) is 0 Å². The van der Waals surface area contributed by atoms with Gasteiger partial charge in [-0.05, 0) is 50.0 Å². The van der Waals surface area contributed by atoms with Crippen LogP contribution in [0.25, 0.3) is 6.08 Å². The van der Waals surface area contributed by atoms with Crippen LogP contribution in [0.15, 0.2) is 40.0 Å². The molecule has 1 aromatic carbocycles. The first-order chi connectivity index (χ1) is 18.9. The highest BCUT2D eigenvalue weighted by atomic mass is 32.2. The number of thiocarbonyl (C=S) groups is 1.